The van der Waals surface area contributed by atoms with Gasteiger partial charge in [-0.15, -0.1) is 0 Å². The summed E-state index contributed by atoms with van der Waals surface area (Å²) >= 11 is 0. The van der Waals surface area contributed by atoms with E-state index >= 15 is 0 Å². The molecule has 0 aliphatic rings. The monoisotopic (exact) mass is 483 g/mol. The molecule has 124 valence electrons. The number of carbonyl (C=O) groups is 2. The van der Waals surface area contributed by atoms with Gasteiger partial charge < -0.3 is 36.2 Å². The number of rotatable bonds is 2. The molecule has 2 atom stereocenters. The Hall–Kier alpha value is -1.34. The van der Waals surface area contributed by atoms with Crippen molar-refractivity contribution in [3.63, 3.8) is 0 Å². The average Bonchev–Trinajstić information content (AvgIpc) is 2.31. The Kier molecular flexibility index (Phi) is 22.2. The van der Waals surface area contributed by atoms with Gasteiger partial charge in [-0.05, 0) is 38.5 Å². The van der Waals surface area contributed by atoms with Crippen molar-refractivity contribution in [2.75, 3.05) is 0 Å². The molecule has 0 saturated heterocycles. The average molecular weight is 483 g/mol. The Morgan fingerprint density at radius 1 is 1.05 bits per heavy atom. The first-order valence-electron chi connectivity index (χ1n) is 5.33. The molecule has 1 aromatic heterocycles. The molecule has 0 radical (unpaired) electrons. The summed E-state index contributed by atoms with van der Waals surface area (Å²) in [7, 11) is 0. The molecule has 9 heteroatoms. The fourth-order valence-corrected chi connectivity index (χ4v) is 0.426. The summed E-state index contributed by atoms with van der Waals surface area (Å²) in [5.41, 5.74) is 1.26. The molecule has 8 nitrogen and oxygen atoms in total. The number of aliphatic hydroxyl groups is 2. The molecule has 0 aliphatic carbocycles. The van der Waals surface area contributed by atoms with Crippen molar-refractivity contribution >= 4 is 11.9 Å². The van der Waals surface area contributed by atoms with Gasteiger partial charge in [-0.2, -0.15) is 0 Å². The summed E-state index contributed by atoms with van der Waals surface area (Å²) in [5, 5.41) is 34.6. The number of aromatic nitrogens is 1. The fourth-order valence-electron chi connectivity index (χ4n) is 0.426. The van der Waals surface area contributed by atoms with Gasteiger partial charge in [0.05, 0.1) is 24.1 Å². The van der Waals surface area contributed by atoms with Gasteiger partial charge in [0, 0.05) is 12.4 Å². The number of carboxylic acid groups (broad SMARTS) is 2. The third-order valence-electron chi connectivity index (χ3n) is 1.53. The maximum atomic E-state index is 9.34. The van der Waals surface area contributed by atoms with Crippen LogP contribution in [-0.4, -0.2) is 39.3 Å². The van der Waals surface area contributed by atoms with Crippen LogP contribution in [0.2, 0.25) is 0 Å². The number of pyridine rings is 1. The van der Waals surface area contributed by atoms with Gasteiger partial charge in [-0.1, -0.05) is 0 Å². The Morgan fingerprint density at radius 3 is 1.38 bits per heavy atom. The molecule has 0 aromatic carbocycles. The zero-order valence-electron chi connectivity index (χ0n) is 12.0. The van der Waals surface area contributed by atoms with Crippen LogP contribution in [0.1, 0.15) is 19.4 Å². The number of hydrogen-bond donors (Lipinski definition) is 3. The molecule has 5 N–H and O–H groups in total. The molecule has 21 heavy (non-hydrogen) atoms. The normalized spacial score (nSPS) is 10.7. The first kappa shape index (κ1) is 27.9. The van der Waals surface area contributed by atoms with Crippen LogP contribution < -0.4 is 16.4 Å². The van der Waals surface area contributed by atoms with Gasteiger partial charge in [0.25, 0.3) is 0 Å². The van der Waals surface area contributed by atoms with Crippen molar-refractivity contribution in [1.82, 2.24) is 11.1 Å². The molecule has 0 bridgehead atoms. The van der Waals surface area contributed by atoms with Crippen molar-refractivity contribution in [2.24, 2.45) is 0 Å². The van der Waals surface area contributed by atoms with E-state index in [0.717, 1.165) is 13.8 Å². The van der Waals surface area contributed by atoms with Gasteiger partial charge >= 0.3 is 21.1 Å². The van der Waals surface area contributed by atoms with Crippen molar-refractivity contribution in [3.8, 4) is 0 Å². The number of hydrogen-bond acceptors (Lipinski definition) is 8. The summed E-state index contributed by atoms with van der Waals surface area (Å²) in [6.45, 7) is 4.31. The first-order valence-corrected chi connectivity index (χ1v) is 5.33. The Morgan fingerprint density at radius 2 is 1.29 bits per heavy atom. The predicted molar refractivity (Wildman–Crippen MR) is 67.4 cm³/mol. The Labute approximate surface area is 137 Å². The third kappa shape index (κ3) is 24.1. The van der Waals surface area contributed by atoms with Crippen LogP contribution in [0, 0.1) is 6.92 Å². The standard InChI is InChI=1S/C6H7N.2C3H6O3.H3N.Pt/c1-6-2-4-7-5-3-6;2*1-2(4)3(5)6;;/h2-5H,1H3;2*2,4H,1H3,(H,5,6);1H3;/q;;;;+2/p-2. The summed E-state index contributed by atoms with van der Waals surface area (Å²) in [4.78, 5) is 22.5. The molecule has 1 heterocycles. The number of aryl methyl sites for hydroxylation is 1. The van der Waals surface area contributed by atoms with Gasteiger partial charge in [0.2, 0.25) is 0 Å². The van der Waals surface area contributed by atoms with E-state index in [1.165, 1.54) is 5.56 Å². The van der Waals surface area contributed by atoms with Crippen LogP contribution in [-0.2, 0) is 30.7 Å². The Balaban J connectivity index is -0.0000000992. The molecule has 0 fully saturated rings. The zero-order chi connectivity index (χ0) is 15.4. The van der Waals surface area contributed by atoms with Crippen molar-refractivity contribution in [3.05, 3.63) is 30.1 Å². The molecule has 0 aliphatic heterocycles. The van der Waals surface area contributed by atoms with E-state index in [2.05, 4.69) is 4.98 Å². The van der Waals surface area contributed by atoms with Gasteiger partial charge in [0.1, 0.15) is 0 Å². The molecular formula is C12H20N2O6Pt. The van der Waals surface area contributed by atoms with E-state index in [0.29, 0.717) is 0 Å². The van der Waals surface area contributed by atoms with Crippen molar-refractivity contribution < 1.29 is 51.1 Å². The topological polar surface area (TPSA) is 169 Å². The first-order chi connectivity index (χ1) is 8.68. The molecule has 1 aromatic rings. The van der Waals surface area contributed by atoms with Crippen molar-refractivity contribution in [1.29, 1.82) is 0 Å². The van der Waals surface area contributed by atoms with Gasteiger partial charge in [-0.25, -0.2) is 0 Å². The quantitative estimate of drug-likeness (QED) is 0.425. The number of nitrogens with zero attached hydrogens (tertiary/aromatic N) is 1. The Bertz CT molecular complexity index is 355. The summed E-state index contributed by atoms with van der Waals surface area (Å²) in [5.74, 6) is -2.87. The van der Waals surface area contributed by atoms with E-state index in [4.69, 9.17) is 10.2 Å². The summed E-state index contributed by atoms with van der Waals surface area (Å²) in [6, 6.07) is 3.94. The second-order valence-electron chi connectivity index (χ2n) is 3.51. The van der Waals surface area contributed by atoms with Crippen LogP contribution >= 0.6 is 0 Å². The van der Waals surface area contributed by atoms with Crippen LogP contribution in [0.5, 0.6) is 0 Å². The van der Waals surface area contributed by atoms with Gasteiger partial charge in [-0.3, -0.25) is 4.98 Å². The molecule has 0 amide bonds. The molecule has 2 unspecified atom stereocenters. The second-order valence-corrected chi connectivity index (χ2v) is 3.51. The molecule has 0 saturated carbocycles. The third-order valence-corrected chi connectivity index (χ3v) is 1.53. The largest absolute Gasteiger partial charge is 2.00 e. The summed E-state index contributed by atoms with van der Waals surface area (Å²) in [6.07, 6.45) is 0.889. The van der Waals surface area contributed by atoms with E-state index < -0.39 is 24.1 Å². The number of aliphatic hydroxyl groups excluding tert-OH is 2. The van der Waals surface area contributed by atoms with E-state index in [1.54, 1.807) is 12.4 Å². The molecular weight excluding hydrogens is 463 g/mol. The maximum absolute atomic E-state index is 9.34. The number of carboxylic acids is 2. The van der Waals surface area contributed by atoms with Crippen LogP contribution in [0.4, 0.5) is 0 Å². The zero-order valence-corrected chi connectivity index (χ0v) is 14.2. The minimum absolute atomic E-state index is 0. The van der Waals surface area contributed by atoms with E-state index in [-0.39, 0.29) is 27.2 Å². The van der Waals surface area contributed by atoms with Crippen LogP contribution in [0.25, 0.3) is 0 Å². The van der Waals surface area contributed by atoms with Crippen molar-refractivity contribution in [2.45, 2.75) is 33.0 Å². The second kappa shape index (κ2) is 16.7. The molecule has 1 rings (SSSR count). The van der Waals surface area contributed by atoms with E-state index in [9.17, 15) is 19.8 Å². The summed E-state index contributed by atoms with van der Waals surface area (Å²) < 4.78 is 0. The number of aliphatic carboxylic acids is 2. The minimum Gasteiger partial charge on any atom is -0.547 e. The smallest absolute Gasteiger partial charge is 0.547 e. The fraction of sp³-hybridized carbons (Fsp3) is 0.417. The predicted octanol–water partition coefficient (Wildman–Crippen LogP) is -2.22. The SMILES string of the molecule is CC(O)C(=O)[O-].CC(O)C(=O)[O-].Cc1ccncc1.N.[Pt+2]. The van der Waals surface area contributed by atoms with Crippen LogP contribution in [0.15, 0.2) is 24.5 Å². The minimum atomic E-state index is -1.44. The van der Waals surface area contributed by atoms with Crippen LogP contribution in [0.3, 0.4) is 0 Å². The molecule has 0 spiro atoms. The number of carbonyl (C=O) groups excluding carboxylic acids is 2. The van der Waals surface area contributed by atoms with E-state index in [1.807, 2.05) is 19.1 Å². The maximum Gasteiger partial charge on any atom is 2.00 e. The van der Waals surface area contributed by atoms with Gasteiger partial charge in [0.15, 0.2) is 0 Å².